The Morgan fingerprint density at radius 1 is 1.08 bits per heavy atom. The molecule has 24 heavy (non-hydrogen) atoms. The molecule has 1 aliphatic heterocycles. The van der Waals surface area contributed by atoms with Crippen molar-refractivity contribution in [3.63, 3.8) is 0 Å². The number of oxime groups is 1. The molecule has 0 aliphatic carbocycles. The van der Waals surface area contributed by atoms with Gasteiger partial charge in [0.15, 0.2) is 0 Å². The van der Waals surface area contributed by atoms with Gasteiger partial charge in [-0.1, -0.05) is 23.4 Å². The second-order valence-electron chi connectivity index (χ2n) is 5.20. The van der Waals surface area contributed by atoms with Crippen molar-refractivity contribution in [3.8, 4) is 11.5 Å². The summed E-state index contributed by atoms with van der Waals surface area (Å²) in [4.78, 5) is 5.42. The number of rotatable bonds is 5. The van der Waals surface area contributed by atoms with Gasteiger partial charge in [-0.15, -0.1) is 0 Å². The lowest BCUT2D eigenvalue weighted by Crippen LogP contribution is -2.21. The van der Waals surface area contributed by atoms with Gasteiger partial charge >= 0.3 is 0 Å². The van der Waals surface area contributed by atoms with Crippen LogP contribution in [-0.2, 0) is 14.7 Å². The summed E-state index contributed by atoms with van der Waals surface area (Å²) in [7, 11) is -0.517. The van der Waals surface area contributed by atoms with Gasteiger partial charge in [-0.05, 0) is 24.3 Å². The Kier molecular flexibility index (Phi) is 4.44. The minimum atomic E-state index is -3.61. The summed E-state index contributed by atoms with van der Waals surface area (Å²) in [5.74, 6) is 1.19. The molecule has 0 amide bonds. The molecular weight excluding hydrogens is 330 g/mol. The fourth-order valence-electron chi connectivity index (χ4n) is 2.48. The molecule has 126 valence electrons. The first kappa shape index (κ1) is 16.3. The van der Waals surface area contributed by atoms with Gasteiger partial charge in [-0.2, -0.15) is 0 Å². The Morgan fingerprint density at radius 3 is 2.50 bits per heavy atom. The molecule has 0 fully saturated rings. The topological polar surface area (TPSA) is 74.2 Å². The van der Waals surface area contributed by atoms with E-state index >= 15 is 0 Å². The molecule has 1 aliphatic rings. The molecular formula is C17H17NO5S. The van der Waals surface area contributed by atoms with Crippen molar-refractivity contribution in [3.05, 3.63) is 54.1 Å². The number of hydrogen-bond donors (Lipinski definition) is 0. The van der Waals surface area contributed by atoms with E-state index in [1.165, 1.54) is 7.11 Å². The number of methoxy groups -OCH3 is 2. The van der Waals surface area contributed by atoms with Crippen LogP contribution < -0.4 is 9.47 Å². The van der Waals surface area contributed by atoms with Gasteiger partial charge in [-0.3, -0.25) is 0 Å². The van der Waals surface area contributed by atoms with Gasteiger partial charge in [0.1, 0.15) is 11.5 Å². The quantitative estimate of drug-likeness (QED) is 0.831. The van der Waals surface area contributed by atoms with E-state index in [4.69, 9.17) is 14.3 Å². The van der Waals surface area contributed by atoms with Gasteiger partial charge in [0, 0.05) is 18.1 Å². The van der Waals surface area contributed by atoms with E-state index in [2.05, 4.69) is 5.16 Å². The first-order chi connectivity index (χ1) is 11.6. The zero-order valence-electron chi connectivity index (χ0n) is 13.3. The fourth-order valence-corrected chi connectivity index (χ4v) is 3.85. The number of benzene rings is 2. The van der Waals surface area contributed by atoms with Crippen LogP contribution in [0.3, 0.4) is 0 Å². The number of hydrogen-bond acceptors (Lipinski definition) is 6. The van der Waals surface area contributed by atoms with Crippen LogP contribution in [0.15, 0.2) is 58.6 Å². The normalized spacial score (nSPS) is 17.1. The van der Waals surface area contributed by atoms with Gasteiger partial charge in [0.05, 0.1) is 24.8 Å². The molecule has 0 aromatic heterocycles. The van der Waals surface area contributed by atoms with Crippen molar-refractivity contribution in [2.24, 2.45) is 5.16 Å². The average molecular weight is 347 g/mol. The van der Waals surface area contributed by atoms with Crippen LogP contribution in [0.25, 0.3) is 0 Å². The third kappa shape index (κ3) is 2.94. The minimum absolute atomic E-state index is 0.153. The Morgan fingerprint density at radius 2 is 1.83 bits per heavy atom. The lowest BCUT2D eigenvalue weighted by molar-refractivity contribution is 0.140. The molecule has 1 unspecified atom stereocenters. The van der Waals surface area contributed by atoms with Crippen LogP contribution >= 0.6 is 0 Å². The lowest BCUT2D eigenvalue weighted by Gasteiger charge is -2.11. The van der Waals surface area contributed by atoms with E-state index in [9.17, 15) is 8.42 Å². The number of ether oxygens (including phenoxy) is 2. The van der Waals surface area contributed by atoms with Crippen LogP contribution in [0.5, 0.6) is 11.5 Å². The highest BCUT2D eigenvalue weighted by atomic mass is 32.2. The maximum atomic E-state index is 12.6. The van der Waals surface area contributed by atoms with Gasteiger partial charge < -0.3 is 14.3 Å². The molecule has 7 heteroatoms. The van der Waals surface area contributed by atoms with Gasteiger partial charge in [0.2, 0.25) is 15.3 Å². The van der Waals surface area contributed by atoms with Crippen LogP contribution in [-0.4, -0.2) is 33.8 Å². The maximum Gasteiger partial charge on any atom is 0.237 e. The molecule has 1 heterocycles. The highest BCUT2D eigenvalue weighted by Gasteiger charge is 2.36. The Hall–Kier alpha value is -2.54. The molecule has 2 aromatic rings. The smallest absolute Gasteiger partial charge is 0.237 e. The molecule has 0 saturated carbocycles. The molecule has 0 saturated heterocycles. The molecule has 0 N–H and O–H groups in total. The van der Waals surface area contributed by atoms with E-state index in [-0.39, 0.29) is 11.3 Å². The fraction of sp³-hybridized carbons (Fsp3) is 0.235. The van der Waals surface area contributed by atoms with Crippen molar-refractivity contribution < 1.29 is 22.7 Å². The Labute approximate surface area is 140 Å². The molecule has 1 atom stereocenters. The predicted octanol–water partition coefficient (Wildman–Crippen LogP) is 2.63. The monoisotopic (exact) mass is 347 g/mol. The largest absolute Gasteiger partial charge is 0.497 e. The van der Waals surface area contributed by atoms with Crippen LogP contribution in [0, 0.1) is 0 Å². The summed E-state index contributed by atoms with van der Waals surface area (Å²) in [6, 6.07) is 13.5. The number of sulfone groups is 1. The zero-order valence-corrected chi connectivity index (χ0v) is 14.1. The first-order valence-electron chi connectivity index (χ1n) is 7.30. The second kappa shape index (κ2) is 6.52. The van der Waals surface area contributed by atoms with E-state index in [1.54, 1.807) is 55.6 Å². The number of nitrogens with zero attached hydrogens (tertiary/aromatic N) is 1. The van der Waals surface area contributed by atoms with Crippen molar-refractivity contribution in [2.75, 3.05) is 14.2 Å². The molecule has 0 spiro atoms. The minimum Gasteiger partial charge on any atom is -0.497 e. The highest BCUT2D eigenvalue weighted by molar-refractivity contribution is 7.92. The molecule has 0 radical (unpaired) electrons. The third-order valence-electron chi connectivity index (χ3n) is 3.78. The van der Waals surface area contributed by atoms with Crippen LogP contribution in [0.4, 0.5) is 0 Å². The maximum absolute atomic E-state index is 12.6. The molecule has 3 rings (SSSR count). The van der Waals surface area contributed by atoms with Crippen LogP contribution in [0.1, 0.15) is 12.0 Å². The first-order valence-corrected chi connectivity index (χ1v) is 8.85. The second-order valence-corrected chi connectivity index (χ2v) is 7.29. The van der Waals surface area contributed by atoms with E-state index in [0.29, 0.717) is 22.8 Å². The highest BCUT2D eigenvalue weighted by Crippen LogP contribution is 2.31. The van der Waals surface area contributed by atoms with Crippen molar-refractivity contribution in [2.45, 2.75) is 16.8 Å². The molecule has 2 aromatic carbocycles. The zero-order chi connectivity index (χ0) is 17.2. The Bertz CT molecular complexity index is 862. The average Bonchev–Trinajstić information content (AvgIpc) is 3.12. The van der Waals surface area contributed by atoms with E-state index in [1.807, 2.05) is 0 Å². The van der Waals surface area contributed by atoms with Gasteiger partial charge in [-0.25, -0.2) is 8.42 Å². The van der Waals surface area contributed by atoms with Gasteiger partial charge in [0.25, 0.3) is 0 Å². The SMILES string of the molecule is COc1ccc(C2=NOC(S(=O)(=O)c3ccccc3)C2)c(OC)c1. The van der Waals surface area contributed by atoms with E-state index in [0.717, 1.165) is 0 Å². The summed E-state index contributed by atoms with van der Waals surface area (Å²) in [6.45, 7) is 0. The standard InChI is InChI=1S/C17H17NO5S/c1-21-12-8-9-14(16(10-12)22-2)15-11-17(23-18-15)24(19,20)13-6-4-3-5-7-13/h3-10,17H,11H2,1-2H3. The van der Waals surface area contributed by atoms with Crippen molar-refractivity contribution in [1.29, 1.82) is 0 Å². The summed E-state index contributed by atoms with van der Waals surface area (Å²) in [5.41, 5.74) is 0.171. The van der Waals surface area contributed by atoms with Crippen LogP contribution in [0.2, 0.25) is 0 Å². The summed E-state index contributed by atoms with van der Waals surface area (Å²) in [6.07, 6.45) is 0.153. The summed E-state index contributed by atoms with van der Waals surface area (Å²) in [5, 5.41) is 3.96. The van der Waals surface area contributed by atoms with Crippen molar-refractivity contribution >= 4 is 15.5 Å². The third-order valence-corrected chi connectivity index (χ3v) is 5.65. The Balaban J connectivity index is 1.86. The summed E-state index contributed by atoms with van der Waals surface area (Å²) >= 11 is 0. The van der Waals surface area contributed by atoms with E-state index < -0.39 is 15.3 Å². The lowest BCUT2D eigenvalue weighted by atomic mass is 10.1. The summed E-state index contributed by atoms with van der Waals surface area (Å²) < 4.78 is 35.7. The molecule has 6 nitrogen and oxygen atoms in total. The predicted molar refractivity (Wildman–Crippen MR) is 89.2 cm³/mol. The van der Waals surface area contributed by atoms with Crippen molar-refractivity contribution in [1.82, 2.24) is 0 Å². The molecule has 0 bridgehead atoms.